The highest BCUT2D eigenvalue weighted by Crippen LogP contribution is 2.27. The van der Waals surface area contributed by atoms with Gasteiger partial charge in [-0.05, 0) is 6.26 Å². The lowest BCUT2D eigenvalue weighted by Gasteiger charge is -2.14. The van der Waals surface area contributed by atoms with Gasteiger partial charge in [-0.1, -0.05) is 31.6 Å². The smallest absolute Gasteiger partial charge is 0.222 e. The molecule has 0 saturated heterocycles. The molecule has 142 valence electrons. The number of amides is 1. The number of aromatic nitrogens is 3. The van der Waals surface area contributed by atoms with Gasteiger partial charge in [-0.25, -0.2) is 4.68 Å². The minimum atomic E-state index is -0.157. The summed E-state index contributed by atoms with van der Waals surface area (Å²) >= 11 is 1.32. The van der Waals surface area contributed by atoms with Gasteiger partial charge in [0, 0.05) is 24.5 Å². The number of hydrogen-bond donors (Lipinski definition) is 1. The number of ether oxygens (including phenoxy) is 1. The van der Waals surface area contributed by atoms with E-state index in [1.54, 1.807) is 17.1 Å². The van der Waals surface area contributed by atoms with Gasteiger partial charge in [0.15, 0.2) is 0 Å². The van der Waals surface area contributed by atoms with Gasteiger partial charge >= 0.3 is 0 Å². The molecule has 2 heterocycles. The van der Waals surface area contributed by atoms with Crippen LogP contribution in [-0.4, -0.2) is 40.1 Å². The second kappa shape index (κ2) is 9.29. The molecule has 9 heteroatoms. The fourth-order valence-corrected chi connectivity index (χ4v) is 2.82. The Hall–Kier alpha value is -1.71. The lowest BCUT2D eigenvalue weighted by Crippen LogP contribution is -2.13. The SMILES string of the molecule is CSSOCCOc1cncc(-n2nc(C(C)(C)C)cc2NC(C)=O)c1. The van der Waals surface area contributed by atoms with Gasteiger partial charge in [0.2, 0.25) is 5.91 Å². The number of pyridine rings is 1. The maximum absolute atomic E-state index is 11.5. The average molecular weight is 397 g/mol. The van der Waals surface area contributed by atoms with E-state index in [0.717, 1.165) is 5.69 Å². The number of hydrogen-bond acceptors (Lipinski definition) is 7. The highest BCUT2D eigenvalue weighted by molar-refractivity contribution is 8.74. The number of carbonyl (C=O) groups is 1. The third kappa shape index (κ3) is 5.93. The van der Waals surface area contributed by atoms with Crippen LogP contribution >= 0.6 is 21.9 Å². The first-order valence-electron chi connectivity index (χ1n) is 8.10. The largest absolute Gasteiger partial charge is 0.489 e. The van der Waals surface area contributed by atoms with Crippen LogP contribution in [0.3, 0.4) is 0 Å². The summed E-state index contributed by atoms with van der Waals surface area (Å²) in [6.45, 7) is 8.58. The van der Waals surface area contributed by atoms with Crippen molar-refractivity contribution in [1.29, 1.82) is 0 Å². The van der Waals surface area contributed by atoms with E-state index in [1.807, 2.05) is 18.4 Å². The molecule has 0 saturated carbocycles. The Morgan fingerprint density at radius 3 is 2.69 bits per heavy atom. The lowest BCUT2D eigenvalue weighted by atomic mass is 9.92. The van der Waals surface area contributed by atoms with E-state index in [9.17, 15) is 4.79 Å². The predicted octanol–water partition coefficient (Wildman–Crippen LogP) is 3.84. The van der Waals surface area contributed by atoms with Gasteiger partial charge in [0.25, 0.3) is 0 Å². The van der Waals surface area contributed by atoms with Crippen molar-refractivity contribution in [3.63, 3.8) is 0 Å². The minimum Gasteiger partial charge on any atom is -0.489 e. The molecule has 0 atom stereocenters. The quantitative estimate of drug-likeness (QED) is 0.412. The number of nitrogens with zero attached hydrogens (tertiary/aromatic N) is 3. The molecule has 0 aliphatic carbocycles. The zero-order valence-corrected chi connectivity index (χ0v) is 17.2. The zero-order chi connectivity index (χ0) is 19.2. The fourth-order valence-electron chi connectivity index (χ4n) is 2.09. The Morgan fingerprint density at radius 2 is 2.04 bits per heavy atom. The maximum atomic E-state index is 11.5. The fraction of sp³-hybridized carbons (Fsp3) is 0.471. The minimum absolute atomic E-state index is 0.147. The first kappa shape index (κ1) is 20.6. The summed E-state index contributed by atoms with van der Waals surface area (Å²) in [5, 5.41) is 7.46. The van der Waals surface area contributed by atoms with Crippen LogP contribution in [0.25, 0.3) is 5.69 Å². The Morgan fingerprint density at radius 1 is 1.27 bits per heavy atom. The molecule has 1 amide bonds. The van der Waals surface area contributed by atoms with Gasteiger partial charge in [-0.2, -0.15) is 5.10 Å². The molecule has 0 radical (unpaired) electrons. The Kier molecular flexibility index (Phi) is 7.36. The summed E-state index contributed by atoms with van der Waals surface area (Å²) in [5.41, 5.74) is 1.43. The van der Waals surface area contributed by atoms with Crippen molar-refractivity contribution in [2.45, 2.75) is 33.1 Å². The van der Waals surface area contributed by atoms with Gasteiger partial charge in [-0.3, -0.25) is 9.78 Å². The molecule has 26 heavy (non-hydrogen) atoms. The third-order valence-corrected chi connectivity index (χ3v) is 4.37. The highest BCUT2D eigenvalue weighted by atomic mass is 33.1. The van der Waals surface area contributed by atoms with E-state index >= 15 is 0 Å². The summed E-state index contributed by atoms with van der Waals surface area (Å²) in [4.78, 5) is 15.8. The van der Waals surface area contributed by atoms with Crippen molar-refractivity contribution in [3.05, 3.63) is 30.2 Å². The van der Waals surface area contributed by atoms with Crippen molar-refractivity contribution >= 4 is 33.6 Å². The molecular formula is C17H24N4O3S2. The van der Waals surface area contributed by atoms with Crippen LogP contribution in [0.2, 0.25) is 0 Å². The molecule has 2 aromatic rings. The second-order valence-corrected chi connectivity index (χ2v) is 8.66. The Labute approximate surface area is 161 Å². The molecule has 0 aliphatic heterocycles. The third-order valence-electron chi connectivity index (χ3n) is 3.28. The topological polar surface area (TPSA) is 78.3 Å². The van der Waals surface area contributed by atoms with Crippen molar-refractivity contribution in [2.24, 2.45) is 0 Å². The van der Waals surface area contributed by atoms with Gasteiger partial charge in [0.05, 0.1) is 41.5 Å². The van der Waals surface area contributed by atoms with Gasteiger partial charge in [0.1, 0.15) is 18.2 Å². The monoisotopic (exact) mass is 396 g/mol. The normalized spacial score (nSPS) is 11.4. The maximum Gasteiger partial charge on any atom is 0.222 e. The van der Waals surface area contributed by atoms with E-state index in [4.69, 9.17) is 8.92 Å². The predicted molar refractivity (Wildman–Crippen MR) is 107 cm³/mol. The van der Waals surface area contributed by atoms with Crippen molar-refractivity contribution < 1.29 is 13.7 Å². The van der Waals surface area contributed by atoms with E-state index < -0.39 is 0 Å². The summed E-state index contributed by atoms with van der Waals surface area (Å²) in [7, 11) is 1.54. The standard InChI is InChI=1S/C17H24N4O3S2/c1-12(22)19-16-9-15(17(2,3)4)20-21(16)13-8-14(11-18-10-13)23-6-7-24-26-25-5/h8-11H,6-7H2,1-5H3,(H,19,22). The average Bonchev–Trinajstić information content (AvgIpc) is 2.98. The number of carbonyl (C=O) groups excluding carboxylic acids is 1. The van der Waals surface area contributed by atoms with E-state index in [2.05, 4.69) is 36.2 Å². The van der Waals surface area contributed by atoms with E-state index in [1.165, 1.54) is 28.8 Å². The van der Waals surface area contributed by atoms with Crippen LogP contribution in [0, 0.1) is 0 Å². The highest BCUT2D eigenvalue weighted by Gasteiger charge is 2.21. The molecule has 0 unspecified atom stereocenters. The number of nitrogens with one attached hydrogen (secondary N) is 1. The van der Waals surface area contributed by atoms with Crippen molar-refractivity contribution in [3.8, 4) is 11.4 Å². The molecule has 0 aromatic carbocycles. The number of anilines is 1. The molecule has 0 fully saturated rings. The summed E-state index contributed by atoms with van der Waals surface area (Å²) < 4.78 is 12.6. The van der Waals surface area contributed by atoms with Crippen LogP contribution in [0.15, 0.2) is 24.5 Å². The van der Waals surface area contributed by atoms with E-state index in [0.29, 0.717) is 30.5 Å². The molecule has 0 spiro atoms. The molecule has 0 aliphatic rings. The van der Waals surface area contributed by atoms with Crippen molar-refractivity contribution in [1.82, 2.24) is 14.8 Å². The molecule has 0 bridgehead atoms. The Bertz CT molecular complexity index is 744. The van der Waals surface area contributed by atoms with Crippen LogP contribution in [0.4, 0.5) is 5.82 Å². The lowest BCUT2D eigenvalue weighted by molar-refractivity contribution is -0.114. The van der Waals surface area contributed by atoms with Crippen LogP contribution in [0.1, 0.15) is 33.4 Å². The molecule has 2 rings (SSSR count). The summed E-state index contributed by atoms with van der Waals surface area (Å²) in [5.74, 6) is 1.05. The summed E-state index contributed by atoms with van der Waals surface area (Å²) in [6.07, 6.45) is 5.26. The van der Waals surface area contributed by atoms with Gasteiger partial charge < -0.3 is 14.2 Å². The molecule has 1 N–H and O–H groups in total. The van der Waals surface area contributed by atoms with Crippen molar-refractivity contribution in [2.75, 3.05) is 24.8 Å². The summed E-state index contributed by atoms with van der Waals surface area (Å²) in [6, 6.07) is 3.71. The first-order chi connectivity index (χ1) is 12.3. The van der Waals surface area contributed by atoms with Crippen LogP contribution in [-0.2, 0) is 14.4 Å². The Balaban J connectivity index is 2.22. The molecular weight excluding hydrogens is 372 g/mol. The van der Waals surface area contributed by atoms with E-state index in [-0.39, 0.29) is 11.3 Å². The van der Waals surface area contributed by atoms with Gasteiger partial charge in [-0.15, -0.1) is 0 Å². The molecule has 7 nitrogen and oxygen atoms in total. The molecule has 2 aromatic heterocycles. The number of rotatable bonds is 8. The first-order valence-corrected chi connectivity index (χ1v) is 10.6. The zero-order valence-electron chi connectivity index (χ0n) is 15.6. The second-order valence-electron chi connectivity index (χ2n) is 6.54. The van der Waals surface area contributed by atoms with Crippen LogP contribution in [0.5, 0.6) is 5.75 Å². The van der Waals surface area contributed by atoms with Crippen LogP contribution < -0.4 is 10.1 Å².